The van der Waals surface area contributed by atoms with Crippen molar-refractivity contribution >= 4 is 47.9 Å². The number of pyridine rings is 1. The Hall–Kier alpha value is -2.07. The van der Waals surface area contributed by atoms with Gasteiger partial charge in [-0.25, -0.2) is 4.98 Å². The van der Waals surface area contributed by atoms with Crippen molar-refractivity contribution in [2.45, 2.75) is 12.2 Å². The minimum atomic E-state index is -4.41. The van der Waals surface area contributed by atoms with Crippen molar-refractivity contribution in [2.75, 3.05) is 30.4 Å². The van der Waals surface area contributed by atoms with Gasteiger partial charge in [0.15, 0.2) is 0 Å². The molecule has 154 valence electrons. The second-order valence-corrected chi connectivity index (χ2v) is 5.70. The summed E-state index contributed by atoms with van der Waals surface area (Å²) in [5.41, 5.74) is 0.434. The number of carbonyl (C=O) groups excluding carboxylic acids is 1. The van der Waals surface area contributed by atoms with Crippen LogP contribution in [-0.2, 0) is 15.7 Å². The Balaban J connectivity index is 0.00000196. The van der Waals surface area contributed by atoms with Gasteiger partial charge >= 0.3 is 6.18 Å². The van der Waals surface area contributed by atoms with Crippen LogP contribution in [0.5, 0.6) is 0 Å². The number of halogens is 5. The SMILES string of the molecule is Cl.Cl.O=C(Nc1ccc(Nc2ccc(C(F)(F)F)cn2)cc1)C1COCCN1. The number of carbonyl (C=O) groups is 1. The van der Waals surface area contributed by atoms with Crippen molar-refractivity contribution in [2.24, 2.45) is 0 Å². The standard InChI is InChI=1S/C17H17F3N4O2.2ClH/c18-17(19,20)11-1-6-15(22-9-11)23-12-2-4-13(5-3-12)24-16(25)14-10-26-8-7-21-14;;/h1-6,9,14,21H,7-8,10H2,(H,22,23)(H,24,25);2*1H. The number of hydrogen-bond acceptors (Lipinski definition) is 5. The maximum atomic E-state index is 12.5. The molecule has 28 heavy (non-hydrogen) atoms. The molecule has 1 aromatic heterocycles. The van der Waals surface area contributed by atoms with Crippen LogP contribution in [-0.4, -0.2) is 36.7 Å². The fourth-order valence-corrected chi connectivity index (χ4v) is 2.38. The summed E-state index contributed by atoms with van der Waals surface area (Å²) in [5, 5.41) is 8.74. The van der Waals surface area contributed by atoms with Crippen LogP contribution in [0.2, 0.25) is 0 Å². The summed E-state index contributed by atoms with van der Waals surface area (Å²) in [4.78, 5) is 15.8. The molecule has 0 bridgehead atoms. The van der Waals surface area contributed by atoms with Gasteiger partial charge in [-0.1, -0.05) is 0 Å². The molecule has 1 aromatic carbocycles. The van der Waals surface area contributed by atoms with E-state index in [1.165, 1.54) is 6.07 Å². The number of amides is 1. The fraction of sp³-hybridized carbons (Fsp3) is 0.294. The van der Waals surface area contributed by atoms with Crippen LogP contribution >= 0.6 is 24.8 Å². The largest absolute Gasteiger partial charge is 0.417 e. The molecule has 3 N–H and O–H groups in total. The molecular formula is C17H19Cl2F3N4O2. The molecule has 0 radical (unpaired) electrons. The summed E-state index contributed by atoms with van der Waals surface area (Å²) < 4.78 is 42.8. The van der Waals surface area contributed by atoms with Crippen LogP contribution in [0, 0.1) is 0 Å². The molecule has 6 nitrogen and oxygen atoms in total. The lowest BCUT2D eigenvalue weighted by atomic mass is 10.2. The highest BCUT2D eigenvalue weighted by atomic mass is 35.5. The lowest BCUT2D eigenvalue weighted by Crippen LogP contribution is -2.48. The summed E-state index contributed by atoms with van der Waals surface area (Å²) in [6, 6.07) is 8.59. The minimum Gasteiger partial charge on any atom is -0.378 e. The number of nitrogens with zero attached hydrogens (tertiary/aromatic N) is 1. The van der Waals surface area contributed by atoms with Gasteiger partial charge in [0.05, 0.1) is 18.8 Å². The summed E-state index contributed by atoms with van der Waals surface area (Å²) in [5.74, 6) is 0.105. The Morgan fingerprint density at radius 2 is 1.79 bits per heavy atom. The number of ether oxygens (including phenoxy) is 1. The summed E-state index contributed by atoms with van der Waals surface area (Å²) in [7, 11) is 0. The summed E-state index contributed by atoms with van der Waals surface area (Å²) >= 11 is 0. The van der Waals surface area contributed by atoms with Gasteiger partial charge in [-0.3, -0.25) is 4.79 Å². The second kappa shape index (κ2) is 10.5. The molecule has 1 atom stereocenters. The van der Waals surface area contributed by atoms with Crippen molar-refractivity contribution in [3.05, 3.63) is 48.2 Å². The molecule has 1 fully saturated rings. The quantitative estimate of drug-likeness (QED) is 0.679. The van der Waals surface area contributed by atoms with E-state index in [2.05, 4.69) is 20.9 Å². The van der Waals surface area contributed by atoms with E-state index in [0.717, 1.165) is 12.3 Å². The average Bonchev–Trinajstić information content (AvgIpc) is 2.64. The van der Waals surface area contributed by atoms with E-state index in [0.29, 0.717) is 37.0 Å². The molecule has 1 aliphatic heterocycles. The summed E-state index contributed by atoms with van der Waals surface area (Å²) in [6.07, 6.45) is -3.64. The average molecular weight is 439 g/mol. The highest BCUT2D eigenvalue weighted by Crippen LogP contribution is 2.29. The molecule has 2 heterocycles. The van der Waals surface area contributed by atoms with E-state index in [-0.39, 0.29) is 30.7 Å². The van der Waals surface area contributed by atoms with Crippen LogP contribution in [0.4, 0.5) is 30.4 Å². The van der Waals surface area contributed by atoms with Crippen LogP contribution in [0.25, 0.3) is 0 Å². The number of nitrogens with one attached hydrogen (secondary N) is 3. The Morgan fingerprint density at radius 3 is 2.32 bits per heavy atom. The van der Waals surface area contributed by atoms with E-state index >= 15 is 0 Å². The Bertz CT molecular complexity index is 752. The Labute approximate surface area is 172 Å². The third-order valence-electron chi connectivity index (χ3n) is 3.75. The zero-order valence-electron chi connectivity index (χ0n) is 14.5. The van der Waals surface area contributed by atoms with Crippen molar-refractivity contribution < 1.29 is 22.7 Å². The molecule has 0 aliphatic carbocycles. The van der Waals surface area contributed by atoms with E-state index in [1.54, 1.807) is 24.3 Å². The topological polar surface area (TPSA) is 75.3 Å². The van der Waals surface area contributed by atoms with Gasteiger partial charge < -0.3 is 20.7 Å². The zero-order valence-corrected chi connectivity index (χ0v) is 16.1. The van der Waals surface area contributed by atoms with Gasteiger partial charge in [0, 0.05) is 24.1 Å². The summed E-state index contributed by atoms with van der Waals surface area (Å²) in [6.45, 7) is 1.54. The van der Waals surface area contributed by atoms with Crippen LogP contribution in [0.15, 0.2) is 42.6 Å². The molecule has 0 saturated carbocycles. The van der Waals surface area contributed by atoms with Crippen molar-refractivity contribution in [3.8, 4) is 0 Å². The highest BCUT2D eigenvalue weighted by Gasteiger charge is 2.30. The Morgan fingerprint density at radius 1 is 1.11 bits per heavy atom. The molecule has 3 rings (SSSR count). The first-order valence-corrected chi connectivity index (χ1v) is 7.94. The highest BCUT2D eigenvalue weighted by molar-refractivity contribution is 5.95. The number of rotatable bonds is 4. The number of hydrogen-bond donors (Lipinski definition) is 3. The first-order valence-electron chi connectivity index (χ1n) is 7.94. The van der Waals surface area contributed by atoms with Gasteiger partial charge in [0.2, 0.25) is 5.91 Å². The van der Waals surface area contributed by atoms with E-state index < -0.39 is 17.8 Å². The zero-order chi connectivity index (χ0) is 18.6. The molecule has 0 spiro atoms. The monoisotopic (exact) mass is 438 g/mol. The van der Waals surface area contributed by atoms with Crippen LogP contribution in [0.3, 0.4) is 0 Å². The predicted octanol–water partition coefficient (Wildman–Crippen LogP) is 3.61. The maximum Gasteiger partial charge on any atom is 0.417 e. The first kappa shape index (κ1) is 24.0. The minimum absolute atomic E-state index is 0. The van der Waals surface area contributed by atoms with Gasteiger partial charge in [-0.2, -0.15) is 13.2 Å². The smallest absolute Gasteiger partial charge is 0.378 e. The molecule has 1 unspecified atom stereocenters. The Kier molecular flexibility index (Phi) is 8.96. The number of alkyl halides is 3. The molecule has 11 heteroatoms. The fourth-order valence-electron chi connectivity index (χ4n) is 2.38. The molecule has 1 saturated heterocycles. The van der Waals surface area contributed by atoms with Gasteiger partial charge in [-0.05, 0) is 36.4 Å². The lowest BCUT2D eigenvalue weighted by molar-refractivity contribution is -0.137. The van der Waals surface area contributed by atoms with E-state index in [1.807, 2.05) is 0 Å². The normalized spacial score (nSPS) is 16.3. The molecule has 1 aliphatic rings. The van der Waals surface area contributed by atoms with Crippen molar-refractivity contribution in [1.82, 2.24) is 10.3 Å². The lowest BCUT2D eigenvalue weighted by Gasteiger charge is -2.22. The van der Waals surface area contributed by atoms with Gasteiger partial charge in [0.25, 0.3) is 0 Å². The molecular weight excluding hydrogens is 420 g/mol. The first-order chi connectivity index (χ1) is 12.4. The van der Waals surface area contributed by atoms with E-state index in [9.17, 15) is 18.0 Å². The number of morpholine rings is 1. The predicted molar refractivity (Wildman–Crippen MR) is 105 cm³/mol. The molecule has 1 amide bonds. The van der Waals surface area contributed by atoms with Crippen molar-refractivity contribution in [1.29, 1.82) is 0 Å². The van der Waals surface area contributed by atoms with Gasteiger partial charge in [-0.15, -0.1) is 24.8 Å². The maximum absolute atomic E-state index is 12.5. The number of aromatic nitrogens is 1. The van der Waals surface area contributed by atoms with Crippen LogP contribution < -0.4 is 16.0 Å². The second-order valence-electron chi connectivity index (χ2n) is 5.70. The van der Waals surface area contributed by atoms with Gasteiger partial charge in [0.1, 0.15) is 11.9 Å². The number of benzene rings is 1. The van der Waals surface area contributed by atoms with Crippen molar-refractivity contribution in [3.63, 3.8) is 0 Å². The molecule has 2 aromatic rings. The third-order valence-corrected chi connectivity index (χ3v) is 3.75. The number of anilines is 3. The third kappa shape index (κ3) is 6.52. The van der Waals surface area contributed by atoms with E-state index in [4.69, 9.17) is 4.74 Å². The van der Waals surface area contributed by atoms with Crippen LogP contribution in [0.1, 0.15) is 5.56 Å².